The number of rotatable bonds is 8. The average Bonchev–Trinajstić information content (AvgIpc) is 2.56. The Morgan fingerprint density at radius 3 is 2.54 bits per heavy atom. The lowest BCUT2D eigenvalue weighted by Crippen LogP contribution is -2.26. The number of carbonyl (C=O) groups is 1. The van der Waals surface area contributed by atoms with Crippen LogP contribution in [0.1, 0.15) is 59.4 Å². The van der Waals surface area contributed by atoms with Crippen molar-refractivity contribution in [3.05, 3.63) is 28.6 Å². The first-order chi connectivity index (χ1) is 12.4. The Hall–Kier alpha value is -2.50. The number of nitrogens with zero attached hydrogens (tertiary/aromatic N) is 1. The fraction of sp³-hybridized carbons (Fsp3) is 0.500. The van der Waals surface area contributed by atoms with Crippen LogP contribution in [-0.2, 0) is 4.79 Å². The largest absolute Gasteiger partial charge is 0.508 e. The van der Waals surface area contributed by atoms with Gasteiger partial charge in [-0.25, -0.2) is 0 Å². The molecule has 142 valence electrons. The van der Waals surface area contributed by atoms with E-state index in [4.69, 9.17) is 9.47 Å². The van der Waals surface area contributed by atoms with Crippen molar-refractivity contribution in [3.8, 4) is 17.2 Å². The highest BCUT2D eigenvalue weighted by molar-refractivity contribution is 5.90. The van der Waals surface area contributed by atoms with E-state index in [-0.39, 0.29) is 23.3 Å². The van der Waals surface area contributed by atoms with Crippen LogP contribution in [0.4, 0.5) is 0 Å². The molecule has 0 amide bonds. The molecular weight excluding hydrogens is 334 g/mol. The number of phenols is 1. The summed E-state index contributed by atoms with van der Waals surface area (Å²) in [5.41, 5.74) is 0.0984. The molecule has 26 heavy (non-hydrogen) atoms. The molecule has 0 bridgehead atoms. The molecule has 0 fully saturated rings. The molecule has 6 heteroatoms. The van der Waals surface area contributed by atoms with Crippen LogP contribution in [0.3, 0.4) is 0 Å². The zero-order valence-electron chi connectivity index (χ0n) is 15.9. The van der Waals surface area contributed by atoms with Crippen molar-refractivity contribution in [2.24, 2.45) is 0 Å². The van der Waals surface area contributed by atoms with Gasteiger partial charge in [0.15, 0.2) is 5.75 Å². The van der Waals surface area contributed by atoms with Gasteiger partial charge in [-0.15, -0.1) is 0 Å². The third kappa shape index (κ3) is 4.36. The Morgan fingerprint density at radius 2 is 1.92 bits per heavy atom. The number of benzene rings is 1. The van der Waals surface area contributed by atoms with Gasteiger partial charge in [0.25, 0.3) is 5.56 Å². The summed E-state index contributed by atoms with van der Waals surface area (Å²) in [4.78, 5) is 24.5. The fourth-order valence-corrected chi connectivity index (χ4v) is 2.94. The van der Waals surface area contributed by atoms with Gasteiger partial charge in [-0.2, -0.15) is 0 Å². The van der Waals surface area contributed by atoms with Crippen LogP contribution in [0.25, 0.3) is 10.9 Å². The number of unbranched alkanes of at least 4 members (excludes halogenated alkanes) is 3. The van der Waals surface area contributed by atoms with E-state index in [0.29, 0.717) is 17.5 Å². The Bertz CT molecular complexity index is 838. The monoisotopic (exact) mass is 361 g/mol. The molecular formula is C20H27NO5. The van der Waals surface area contributed by atoms with Crippen LogP contribution in [-0.4, -0.2) is 22.2 Å². The highest BCUT2D eigenvalue weighted by atomic mass is 16.6. The van der Waals surface area contributed by atoms with E-state index in [1.807, 2.05) is 13.8 Å². The van der Waals surface area contributed by atoms with E-state index in [1.165, 1.54) is 23.6 Å². The van der Waals surface area contributed by atoms with E-state index < -0.39 is 11.5 Å². The van der Waals surface area contributed by atoms with Crippen molar-refractivity contribution in [2.75, 3.05) is 6.61 Å². The second-order valence-corrected chi connectivity index (χ2v) is 6.63. The van der Waals surface area contributed by atoms with Crippen molar-refractivity contribution in [3.63, 3.8) is 0 Å². The van der Waals surface area contributed by atoms with Gasteiger partial charge in [-0.1, -0.05) is 26.2 Å². The summed E-state index contributed by atoms with van der Waals surface area (Å²) in [6, 6.07) is 4.55. The summed E-state index contributed by atoms with van der Waals surface area (Å²) >= 11 is 0. The first-order valence-electron chi connectivity index (χ1n) is 9.09. The third-order valence-electron chi connectivity index (χ3n) is 4.11. The molecule has 1 aromatic heterocycles. The van der Waals surface area contributed by atoms with E-state index in [2.05, 4.69) is 6.92 Å². The number of hydrogen-bond acceptors (Lipinski definition) is 5. The molecule has 0 aliphatic heterocycles. The Balaban J connectivity index is 2.60. The maximum Gasteiger partial charge on any atom is 0.308 e. The van der Waals surface area contributed by atoms with Gasteiger partial charge < -0.3 is 19.1 Å². The van der Waals surface area contributed by atoms with Crippen molar-refractivity contribution in [1.29, 1.82) is 0 Å². The molecule has 0 spiro atoms. The quantitative estimate of drug-likeness (QED) is 0.564. The van der Waals surface area contributed by atoms with E-state index in [1.54, 1.807) is 6.07 Å². The maximum absolute atomic E-state index is 13.0. The summed E-state index contributed by atoms with van der Waals surface area (Å²) in [5, 5.41) is 10.5. The topological polar surface area (TPSA) is 77.8 Å². The molecule has 1 heterocycles. The Morgan fingerprint density at radius 1 is 1.19 bits per heavy atom. The van der Waals surface area contributed by atoms with Gasteiger partial charge in [-0.3, -0.25) is 9.59 Å². The van der Waals surface area contributed by atoms with Crippen LogP contribution in [0, 0.1) is 0 Å². The number of pyridine rings is 1. The van der Waals surface area contributed by atoms with Crippen molar-refractivity contribution in [1.82, 2.24) is 4.57 Å². The number of esters is 1. The standard InChI is InChI=1S/C20H27NO5/c1-5-6-7-8-11-25-18-16-10-9-15(23)12-17(16)21(13(2)3)20(24)19(18)26-14(4)22/h9-10,12-13,23H,5-8,11H2,1-4H3. The van der Waals surface area contributed by atoms with Crippen LogP contribution < -0.4 is 15.0 Å². The van der Waals surface area contributed by atoms with Crippen LogP contribution in [0.2, 0.25) is 0 Å². The Labute approximate surface area is 153 Å². The smallest absolute Gasteiger partial charge is 0.308 e. The van der Waals surface area contributed by atoms with E-state index >= 15 is 0 Å². The normalized spacial score (nSPS) is 11.1. The number of hydrogen-bond donors (Lipinski definition) is 1. The molecule has 0 saturated carbocycles. The first kappa shape index (κ1) is 19.8. The molecule has 6 nitrogen and oxygen atoms in total. The molecule has 0 unspecified atom stereocenters. The van der Waals surface area contributed by atoms with Gasteiger partial charge in [0.2, 0.25) is 5.75 Å². The predicted octanol–water partition coefficient (Wildman–Crippen LogP) is 4.17. The molecule has 0 aliphatic carbocycles. The van der Waals surface area contributed by atoms with Crippen LogP contribution >= 0.6 is 0 Å². The van der Waals surface area contributed by atoms with Gasteiger partial charge in [0.05, 0.1) is 12.1 Å². The molecule has 1 aromatic carbocycles. The van der Waals surface area contributed by atoms with Crippen LogP contribution in [0.5, 0.6) is 17.2 Å². The number of carbonyl (C=O) groups excluding carboxylic acids is 1. The van der Waals surface area contributed by atoms with Gasteiger partial charge in [0, 0.05) is 24.4 Å². The summed E-state index contributed by atoms with van der Waals surface area (Å²) < 4.78 is 12.6. The number of aromatic nitrogens is 1. The zero-order chi connectivity index (χ0) is 19.3. The zero-order valence-corrected chi connectivity index (χ0v) is 15.9. The number of phenolic OH excluding ortho intramolecular Hbond substituents is 1. The highest BCUT2D eigenvalue weighted by Crippen LogP contribution is 2.35. The molecule has 2 rings (SSSR count). The second-order valence-electron chi connectivity index (χ2n) is 6.63. The lowest BCUT2D eigenvalue weighted by molar-refractivity contribution is -0.132. The van der Waals surface area contributed by atoms with Crippen molar-refractivity contribution < 1.29 is 19.4 Å². The number of fused-ring (bicyclic) bond motifs is 1. The second kappa shape index (κ2) is 8.74. The van der Waals surface area contributed by atoms with Gasteiger partial charge in [-0.05, 0) is 32.4 Å². The molecule has 1 N–H and O–H groups in total. The van der Waals surface area contributed by atoms with Gasteiger partial charge in [0.1, 0.15) is 5.75 Å². The van der Waals surface area contributed by atoms with Crippen LogP contribution in [0.15, 0.2) is 23.0 Å². The Kier molecular flexibility index (Phi) is 6.66. The molecule has 0 saturated heterocycles. The summed E-state index contributed by atoms with van der Waals surface area (Å²) in [7, 11) is 0. The molecule has 0 atom stereocenters. The fourth-order valence-electron chi connectivity index (χ4n) is 2.94. The lowest BCUT2D eigenvalue weighted by atomic mass is 10.1. The minimum absolute atomic E-state index is 0.0560. The summed E-state index contributed by atoms with van der Waals surface area (Å²) in [6.45, 7) is 7.52. The third-order valence-corrected chi connectivity index (χ3v) is 4.11. The minimum Gasteiger partial charge on any atom is -0.508 e. The number of ether oxygens (including phenoxy) is 2. The predicted molar refractivity (Wildman–Crippen MR) is 101 cm³/mol. The lowest BCUT2D eigenvalue weighted by Gasteiger charge is -2.20. The minimum atomic E-state index is -0.577. The first-order valence-corrected chi connectivity index (χ1v) is 9.09. The van der Waals surface area contributed by atoms with Gasteiger partial charge >= 0.3 is 5.97 Å². The molecule has 0 radical (unpaired) electrons. The molecule has 2 aromatic rings. The highest BCUT2D eigenvalue weighted by Gasteiger charge is 2.22. The van der Waals surface area contributed by atoms with Crippen molar-refractivity contribution in [2.45, 2.75) is 59.4 Å². The van der Waals surface area contributed by atoms with E-state index in [0.717, 1.165) is 25.7 Å². The average molecular weight is 361 g/mol. The molecule has 0 aliphatic rings. The van der Waals surface area contributed by atoms with Crippen molar-refractivity contribution >= 4 is 16.9 Å². The number of aromatic hydroxyl groups is 1. The SMILES string of the molecule is CCCCCCOc1c(OC(C)=O)c(=O)n(C(C)C)c2cc(O)ccc12. The summed E-state index contributed by atoms with van der Waals surface area (Å²) in [6.07, 6.45) is 4.11. The van der Waals surface area contributed by atoms with E-state index in [9.17, 15) is 14.7 Å². The maximum atomic E-state index is 13.0. The summed E-state index contributed by atoms with van der Waals surface area (Å²) in [5.74, 6) is -0.361.